The molecule has 1 unspecified atom stereocenters. The molecule has 0 aromatic carbocycles. The topological polar surface area (TPSA) is 72.9 Å². The molecule has 9 heteroatoms. The van der Waals surface area contributed by atoms with Crippen molar-refractivity contribution in [3.8, 4) is 0 Å². The minimum atomic E-state index is -0.291. The number of likely N-dealkylation sites (tertiary alicyclic amines) is 1. The standard InChI is InChI=1S/C21H26ClN3O3S2/c1-12-9-24(2)6-5-16-15(12)8-18(29-16)21(28)25-10-13(7-14(25)11-26)23-20(27)17-3-4-19(22)30-17/h3-4,8,12-14,26H,5-7,9-11H2,1-2H3,(H,23,27)/t12?,13-,14+/m1/s1. The van der Waals surface area contributed by atoms with Crippen LogP contribution in [0.2, 0.25) is 4.34 Å². The fourth-order valence-corrected chi connectivity index (χ4v) is 6.56. The summed E-state index contributed by atoms with van der Waals surface area (Å²) in [6.45, 7) is 4.47. The molecule has 0 aliphatic carbocycles. The van der Waals surface area contributed by atoms with Crippen molar-refractivity contribution in [1.82, 2.24) is 15.1 Å². The van der Waals surface area contributed by atoms with Crippen molar-refractivity contribution in [3.05, 3.63) is 42.7 Å². The van der Waals surface area contributed by atoms with Crippen molar-refractivity contribution in [2.24, 2.45) is 0 Å². The number of thiophene rings is 2. The Kier molecular flexibility index (Phi) is 6.50. The molecule has 0 radical (unpaired) electrons. The van der Waals surface area contributed by atoms with Crippen LogP contribution >= 0.6 is 34.3 Å². The van der Waals surface area contributed by atoms with E-state index in [1.165, 1.54) is 21.8 Å². The largest absolute Gasteiger partial charge is 0.394 e. The quantitative estimate of drug-likeness (QED) is 0.724. The minimum Gasteiger partial charge on any atom is -0.394 e. The van der Waals surface area contributed by atoms with Gasteiger partial charge in [0.1, 0.15) is 0 Å². The molecule has 6 nitrogen and oxygen atoms in total. The number of carbonyl (C=O) groups excluding carboxylic acids is 2. The van der Waals surface area contributed by atoms with Crippen LogP contribution in [0.4, 0.5) is 0 Å². The molecule has 2 N–H and O–H groups in total. The molecule has 2 aliphatic heterocycles. The molecule has 1 fully saturated rings. The lowest BCUT2D eigenvalue weighted by atomic mass is 10.0. The van der Waals surface area contributed by atoms with Gasteiger partial charge in [0.15, 0.2) is 0 Å². The molecule has 1 saturated heterocycles. The van der Waals surface area contributed by atoms with Gasteiger partial charge in [0.2, 0.25) is 0 Å². The first-order chi connectivity index (χ1) is 14.4. The molecule has 2 amide bonds. The fraction of sp³-hybridized carbons (Fsp3) is 0.524. The third kappa shape index (κ3) is 4.43. The summed E-state index contributed by atoms with van der Waals surface area (Å²) in [5.41, 5.74) is 1.27. The van der Waals surface area contributed by atoms with E-state index in [9.17, 15) is 14.7 Å². The zero-order valence-corrected chi connectivity index (χ0v) is 19.4. The van der Waals surface area contributed by atoms with Crippen LogP contribution in [0.1, 0.15) is 49.0 Å². The summed E-state index contributed by atoms with van der Waals surface area (Å²) >= 11 is 8.73. The molecule has 30 heavy (non-hydrogen) atoms. The second kappa shape index (κ2) is 8.96. The van der Waals surface area contributed by atoms with E-state index in [0.29, 0.717) is 28.1 Å². The number of nitrogens with zero attached hydrogens (tertiary/aromatic N) is 2. The number of halogens is 1. The van der Waals surface area contributed by atoms with Gasteiger partial charge in [-0.15, -0.1) is 22.7 Å². The Morgan fingerprint density at radius 2 is 2.07 bits per heavy atom. The Morgan fingerprint density at radius 1 is 1.27 bits per heavy atom. The zero-order chi connectivity index (χ0) is 21.4. The third-order valence-corrected chi connectivity index (χ3v) is 8.34. The maximum absolute atomic E-state index is 13.3. The van der Waals surface area contributed by atoms with Gasteiger partial charge in [-0.2, -0.15) is 0 Å². The normalized spacial score (nSPS) is 24.5. The predicted octanol–water partition coefficient (Wildman–Crippen LogP) is 3.06. The maximum Gasteiger partial charge on any atom is 0.264 e. The van der Waals surface area contributed by atoms with Gasteiger partial charge >= 0.3 is 0 Å². The highest BCUT2D eigenvalue weighted by molar-refractivity contribution is 7.18. The molecular weight excluding hydrogens is 442 g/mol. The number of hydrogen-bond donors (Lipinski definition) is 2. The smallest absolute Gasteiger partial charge is 0.264 e. The molecule has 0 spiro atoms. The Bertz CT molecular complexity index is 944. The fourth-order valence-electron chi connectivity index (χ4n) is 4.39. The van der Waals surface area contributed by atoms with Crippen LogP contribution in [0, 0.1) is 0 Å². The summed E-state index contributed by atoms with van der Waals surface area (Å²) in [5, 5.41) is 12.8. The van der Waals surface area contributed by atoms with Crippen molar-refractivity contribution >= 4 is 46.1 Å². The summed E-state index contributed by atoms with van der Waals surface area (Å²) in [5.74, 6) is 0.148. The summed E-state index contributed by atoms with van der Waals surface area (Å²) in [7, 11) is 2.13. The van der Waals surface area contributed by atoms with Crippen LogP contribution < -0.4 is 5.32 Å². The third-order valence-electron chi connectivity index (χ3n) is 5.91. The van der Waals surface area contributed by atoms with Crippen LogP contribution in [0.25, 0.3) is 0 Å². The molecule has 0 bridgehead atoms. The first-order valence-electron chi connectivity index (χ1n) is 10.1. The summed E-state index contributed by atoms with van der Waals surface area (Å²) < 4.78 is 0.564. The van der Waals surface area contributed by atoms with Crippen LogP contribution in [0.15, 0.2) is 18.2 Å². The van der Waals surface area contributed by atoms with E-state index in [-0.39, 0.29) is 30.5 Å². The second-order valence-corrected chi connectivity index (χ2v) is 11.1. The van der Waals surface area contributed by atoms with E-state index < -0.39 is 0 Å². The molecule has 4 heterocycles. The first-order valence-corrected chi connectivity index (χ1v) is 12.2. The highest BCUT2D eigenvalue weighted by Crippen LogP contribution is 2.34. The number of fused-ring (bicyclic) bond motifs is 1. The number of rotatable bonds is 4. The lowest BCUT2D eigenvalue weighted by Crippen LogP contribution is -2.39. The molecule has 0 saturated carbocycles. The first kappa shape index (κ1) is 21.8. The number of amides is 2. The number of hydrogen-bond acceptors (Lipinski definition) is 6. The van der Waals surface area contributed by atoms with Gasteiger partial charge in [-0.25, -0.2) is 0 Å². The van der Waals surface area contributed by atoms with Crippen LogP contribution in [0.3, 0.4) is 0 Å². The minimum absolute atomic E-state index is 0.0522. The van der Waals surface area contributed by atoms with Crippen LogP contribution in [0.5, 0.6) is 0 Å². The van der Waals surface area contributed by atoms with Crippen molar-refractivity contribution in [1.29, 1.82) is 0 Å². The molecule has 3 atom stereocenters. The highest BCUT2D eigenvalue weighted by Gasteiger charge is 2.37. The SMILES string of the molecule is CC1CN(C)CCc2sc(C(=O)N3C[C@H](NC(=O)c4ccc(Cl)s4)C[C@H]3CO)cc21. The van der Waals surface area contributed by atoms with Gasteiger partial charge in [-0.1, -0.05) is 18.5 Å². The molecular formula is C21H26ClN3O3S2. The van der Waals surface area contributed by atoms with Gasteiger partial charge < -0.3 is 20.2 Å². The van der Waals surface area contributed by atoms with Gasteiger partial charge in [0, 0.05) is 30.6 Å². The average molecular weight is 468 g/mol. The predicted molar refractivity (Wildman–Crippen MR) is 121 cm³/mol. The van der Waals surface area contributed by atoms with Crippen molar-refractivity contribution in [2.45, 2.75) is 37.8 Å². The van der Waals surface area contributed by atoms with E-state index in [4.69, 9.17) is 11.6 Å². The van der Waals surface area contributed by atoms with E-state index in [2.05, 4.69) is 24.2 Å². The van der Waals surface area contributed by atoms with Gasteiger partial charge in [0.25, 0.3) is 11.8 Å². The van der Waals surface area contributed by atoms with Gasteiger partial charge in [0.05, 0.1) is 26.7 Å². The number of aliphatic hydroxyl groups is 1. The van der Waals surface area contributed by atoms with Crippen molar-refractivity contribution in [2.75, 3.05) is 33.3 Å². The van der Waals surface area contributed by atoms with E-state index in [1.54, 1.807) is 28.4 Å². The Balaban J connectivity index is 1.47. The van der Waals surface area contributed by atoms with E-state index in [1.807, 2.05) is 6.07 Å². The van der Waals surface area contributed by atoms with E-state index in [0.717, 1.165) is 24.4 Å². The van der Waals surface area contributed by atoms with E-state index >= 15 is 0 Å². The summed E-state index contributed by atoms with van der Waals surface area (Å²) in [6.07, 6.45) is 1.50. The lowest BCUT2D eigenvalue weighted by molar-refractivity contribution is 0.0679. The van der Waals surface area contributed by atoms with Crippen molar-refractivity contribution < 1.29 is 14.7 Å². The second-order valence-electron chi connectivity index (χ2n) is 8.21. The molecule has 2 aromatic rings. The number of nitrogens with one attached hydrogen (secondary N) is 1. The molecule has 2 aromatic heterocycles. The number of likely N-dealkylation sites (N-methyl/N-ethyl adjacent to an activating group) is 1. The van der Waals surface area contributed by atoms with Crippen LogP contribution in [-0.2, 0) is 6.42 Å². The number of aliphatic hydroxyl groups excluding tert-OH is 1. The Morgan fingerprint density at radius 3 is 2.77 bits per heavy atom. The molecule has 2 aliphatic rings. The summed E-state index contributed by atoms with van der Waals surface area (Å²) in [6, 6.07) is 4.95. The molecule has 162 valence electrons. The zero-order valence-electron chi connectivity index (χ0n) is 17.1. The highest BCUT2D eigenvalue weighted by atomic mass is 35.5. The molecule has 4 rings (SSSR count). The summed E-state index contributed by atoms with van der Waals surface area (Å²) in [4.78, 5) is 32.3. The van der Waals surface area contributed by atoms with Gasteiger partial charge in [-0.3, -0.25) is 9.59 Å². The van der Waals surface area contributed by atoms with Crippen LogP contribution in [-0.4, -0.2) is 72.1 Å². The van der Waals surface area contributed by atoms with Gasteiger partial charge in [-0.05, 0) is 49.6 Å². The number of carbonyl (C=O) groups is 2. The monoisotopic (exact) mass is 467 g/mol. The van der Waals surface area contributed by atoms with Crippen molar-refractivity contribution in [3.63, 3.8) is 0 Å². The maximum atomic E-state index is 13.3. The lowest BCUT2D eigenvalue weighted by Gasteiger charge is -2.22. The average Bonchev–Trinajstić information content (AvgIpc) is 3.41. The Labute approximate surface area is 189 Å². The Hall–Kier alpha value is -1.45.